The van der Waals surface area contributed by atoms with Crippen LogP contribution in [0, 0.1) is 5.92 Å². The van der Waals surface area contributed by atoms with Crippen molar-refractivity contribution in [2.45, 2.75) is 26.3 Å². The number of morpholine rings is 1. The number of aliphatic carboxylic acids is 1. The Balaban J connectivity index is 2.24. The lowest BCUT2D eigenvalue weighted by atomic mass is 10.1. The van der Waals surface area contributed by atoms with E-state index in [2.05, 4.69) is 5.32 Å². The molecule has 1 aromatic rings. The smallest absolute Gasteiger partial charge is 0.305 e. The molecule has 2 N–H and O–H groups in total. The molecule has 2 amide bonds. The minimum atomic E-state index is -1.00. The number of hydrogen-bond acceptors (Lipinski definition) is 4. The summed E-state index contributed by atoms with van der Waals surface area (Å²) in [6.07, 6.45) is -0.201. The van der Waals surface area contributed by atoms with Crippen LogP contribution in [0.3, 0.4) is 0 Å². The number of halogens is 1. The van der Waals surface area contributed by atoms with Gasteiger partial charge in [0.25, 0.3) is 5.91 Å². The van der Waals surface area contributed by atoms with E-state index in [9.17, 15) is 14.4 Å². The molecule has 1 aliphatic rings. The molecule has 0 aromatic heterocycles. The van der Waals surface area contributed by atoms with E-state index in [0.717, 1.165) is 0 Å². The van der Waals surface area contributed by atoms with Gasteiger partial charge in [0.1, 0.15) is 0 Å². The fourth-order valence-corrected chi connectivity index (χ4v) is 2.70. The normalized spacial score (nSPS) is 17.4. The summed E-state index contributed by atoms with van der Waals surface area (Å²) in [5, 5.41) is 12.0. The van der Waals surface area contributed by atoms with Crippen LogP contribution in [0.15, 0.2) is 18.2 Å². The average Bonchev–Trinajstić information content (AvgIpc) is 2.55. The highest BCUT2D eigenvalue weighted by atomic mass is 35.5. The molecule has 1 aromatic carbocycles. The van der Waals surface area contributed by atoms with Gasteiger partial charge in [-0.05, 0) is 18.2 Å². The Kier molecular flexibility index (Phi) is 6.39. The minimum absolute atomic E-state index is 0.166. The first-order chi connectivity index (χ1) is 11.8. The zero-order valence-corrected chi connectivity index (χ0v) is 14.9. The Morgan fingerprint density at radius 3 is 2.76 bits per heavy atom. The maximum Gasteiger partial charge on any atom is 0.305 e. The van der Waals surface area contributed by atoms with Crippen molar-refractivity contribution in [3.63, 3.8) is 0 Å². The van der Waals surface area contributed by atoms with Gasteiger partial charge in [0.2, 0.25) is 5.91 Å². The monoisotopic (exact) mass is 368 g/mol. The average molecular weight is 369 g/mol. The summed E-state index contributed by atoms with van der Waals surface area (Å²) in [5.41, 5.74) is 0.690. The van der Waals surface area contributed by atoms with E-state index in [1.807, 2.05) is 0 Å². The van der Waals surface area contributed by atoms with Crippen LogP contribution in [0.1, 0.15) is 30.6 Å². The summed E-state index contributed by atoms with van der Waals surface area (Å²) in [6.45, 7) is 4.32. The van der Waals surface area contributed by atoms with Crippen molar-refractivity contribution in [1.82, 2.24) is 4.90 Å². The van der Waals surface area contributed by atoms with Crippen molar-refractivity contribution in [2.75, 3.05) is 25.1 Å². The predicted molar refractivity (Wildman–Crippen MR) is 92.8 cm³/mol. The molecule has 136 valence electrons. The summed E-state index contributed by atoms with van der Waals surface area (Å²) >= 11 is 6.16. The number of carbonyl (C=O) groups is 3. The van der Waals surface area contributed by atoms with Crippen molar-refractivity contribution in [3.05, 3.63) is 28.8 Å². The number of nitrogens with zero attached hydrogens (tertiary/aromatic N) is 1. The Bertz CT molecular complexity index is 677. The zero-order chi connectivity index (χ0) is 18.6. The Hall–Kier alpha value is -2.12. The molecule has 1 aliphatic heterocycles. The number of nitrogens with one attached hydrogen (secondary N) is 1. The number of amides is 2. The molecule has 8 heteroatoms. The van der Waals surface area contributed by atoms with Crippen LogP contribution < -0.4 is 5.32 Å². The molecule has 0 spiro atoms. The lowest BCUT2D eigenvalue weighted by Gasteiger charge is -2.35. The number of carboxylic acids is 1. The second kappa shape index (κ2) is 8.31. The highest BCUT2D eigenvalue weighted by Crippen LogP contribution is 2.24. The standard InChI is InChI=1S/C17H21ClN2O5/c1-10(2)16(23)19-11-3-4-14(18)13(7-11)17(24)20-5-6-25-9-12(20)8-15(21)22/h3-4,7,10,12H,5-6,8-9H2,1-2H3,(H,19,23)(H,21,22). The van der Waals surface area contributed by atoms with Crippen LogP contribution in [-0.4, -0.2) is 53.6 Å². The third-order valence-electron chi connectivity index (χ3n) is 3.89. The number of benzene rings is 1. The van der Waals surface area contributed by atoms with Crippen molar-refractivity contribution in [2.24, 2.45) is 5.92 Å². The van der Waals surface area contributed by atoms with Crippen LogP contribution in [-0.2, 0) is 14.3 Å². The van der Waals surface area contributed by atoms with Gasteiger partial charge in [-0.3, -0.25) is 14.4 Å². The molecule has 1 fully saturated rings. The van der Waals surface area contributed by atoms with E-state index in [1.54, 1.807) is 19.9 Å². The number of anilines is 1. The summed E-state index contributed by atoms with van der Waals surface area (Å²) < 4.78 is 5.28. The first kappa shape index (κ1) is 19.2. The second-order valence-electron chi connectivity index (χ2n) is 6.16. The molecule has 7 nitrogen and oxygen atoms in total. The van der Waals surface area contributed by atoms with Crippen molar-refractivity contribution < 1.29 is 24.2 Å². The van der Waals surface area contributed by atoms with Crippen LogP contribution in [0.5, 0.6) is 0 Å². The molecule has 0 bridgehead atoms. The lowest BCUT2D eigenvalue weighted by molar-refractivity contribution is -0.139. The summed E-state index contributed by atoms with van der Waals surface area (Å²) in [7, 11) is 0. The molecule has 1 atom stereocenters. The van der Waals surface area contributed by atoms with Crippen molar-refractivity contribution in [3.8, 4) is 0 Å². The van der Waals surface area contributed by atoms with Gasteiger partial charge in [0.15, 0.2) is 0 Å². The van der Waals surface area contributed by atoms with Crippen molar-refractivity contribution >= 4 is 35.1 Å². The van der Waals surface area contributed by atoms with E-state index < -0.39 is 12.0 Å². The Morgan fingerprint density at radius 2 is 2.12 bits per heavy atom. The van der Waals surface area contributed by atoms with E-state index in [1.165, 1.54) is 17.0 Å². The molecule has 0 saturated carbocycles. The minimum Gasteiger partial charge on any atom is -0.481 e. The largest absolute Gasteiger partial charge is 0.481 e. The topological polar surface area (TPSA) is 95.9 Å². The maximum atomic E-state index is 12.9. The van der Waals surface area contributed by atoms with Gasteiger partial charge in [-0.1, -0.05) is 25.4 Å². The summed E-state index contributed by atoms with van der Waals surface area (Å²) in [6, 6.07) is 4.12. The van der Waals surface area contributed by atoms with Gasteiger partial charge in [0.05, 0.1) is 36.3 Å². The SMILES string of the molecule is CC(C)C(=O)Nc1ccc(Cl)c(C(=O)N2CCOCC2CC(=O)O)c1. The number of ether oxygens (including phenoxy) is 1. The van der Waals surface area contributed by atoms with E-state index >= 15 is 0 Å². The Morgan fingerprint density at radius 1 is 1.40 bits per heavy atom. The molecule has 0 aliphatic carbocycles. The van der Waals surface area contributed by atoms with Gasteiger partial charge < -0.3 is 20.1 Å². The van der Waals surface area contributed by atoms with Gasteiger partial charge in [-0.25, -0.2) is 0 Å². The number of hydrogen-bond donors (Lipinski definition) is 2. The van der Waals surface area contributed by atoms with Crippen LogP contribution in [0.2, 0.25) is 5.02 Å². The van der Waals surface area contributed by atoms with Gasteiger partial charge in [-0.15, -0.1) is 0 Å². The molecule has 1 saturated heterocycles. The predicted octanol–water partition coefficient (Wildman–Crippen LogP) is 2.25. The lowest BCUT2D eigenvalue weighted by Crippen LogP contribution is -2.49. The van der Waals surface area contributed by atoms with Crippen LogP contribution in [0.4, 0.5) is 5.69 Å². The second-order valence-corrected chi connectivity index (χ2v) is 6.57. The Labute approximate surface area is 150 Å². The first-order valence-corrected chi connectivity index (χ1v) is 8.38. The molecule has 1 heterocycles. The molecule has 1 unspecified atom stereocenters. The van der Waals surface area contributed by atoms with E-state index in [0.29, 0.717) is 12.3 Å². The third-order valence-corrected chi connectivity index (χ3v) is 4.22. The molecule has 25 heavy (non-hydrogen) atoms. The third kappa shape index (κ3) is 4.93. The molecule has 2 rings (SSSR count). The van der Waals surface area contributed by atoms with E-state index in [-0.39, 0.29) is 47.9 Å². The number of carbonyl (C=O) groups excluding carboxylic acids is 2. The first-order valence-electron chi connectivity index (χ1n) is 8.00. The van der Waals surface area contributed by atoms with Crippen LogP contribution in [0.25, 0.3) is 0 Å². The molecule has 0 radical (unpaired) electrons. The van der Waals surface area contributed by atoms with Gasteiger partial charge in [0, 0.05) is 18.2 Å². The summed E-state index contributed by atoms with van der Waals surface area (Å²) in [4.78, 5) is 37.2. The molecular weight excluding hydrogens is 348 g/mol. The van der Waals surface area contributed by atoms with Crippen molar-refractivity contribution in [1.29, 1.82) is 0 Å². The summed E-state index contributed by atoms with van der Waals surface area (Å²) in [5.74, 6) is -1.75. The van der Waals surface area contributed by atoms with Gasteiger partial charge in [-0.2, -0.15) is 0 Å². The van der Waals surface area contributed by atoms with E-state index in [4.69, 9.17) is 21.4 Å². The number of carboxylic acid groups (broad SMARTS) is 1. The number of rotatable bonds is 5. The molecular formula is C17H21ClN2O5. The highest BCUT2D eigenvalue weighted by molar-refractivity contribution is 6.34. The fourth-order valence-electron chi connectivity index (χ4n) is 2.50. The fraction of sp³-hybridized carbons (Fsp3) is 0.471. The zero-order valence-electron chi connectivity index (χ0n) is 14.1. The van der Waals surface area contributed by atoms with Gasteiger partial charge >= 0.3 is 5.97 Å². The maximum absolute atomic E-state index is 12.9. The highest BCUT2D eigenvalue weighted by Gasteiger charge is 2.31. The van der Waals surface area contributed by atoms with Crippen LogP contribution >= 0.6 is 11.6 Å². The quantitative estimate of drug-likeness (QED) is 0.831.